The van der Waals surface area contributed by atoms with Crippen molar-refractivity contribution in [3.05, 3.63) is 26.7 Å². The van der Waals surface area contributed by atoms with Crippen molar-refractivity contribution in [2.24, 2.45) is 0 Å². The molecule has 1 N–H and O–H groups in total. The Morgan fingerprint density at radius 1 is 1.50 bits per heavy atom. The third-order valence-electron chi connectivity index (χ3n) is 2.56. The van der Waals surface area contributed by atoms with Gasteiger partial charge in [0.05, 0.1) is 11.6 Å². The molecule has 0 aromatic heterocycles. The van der Waals surface area contributed by atoms with Crippen molar-refractivity contribution in [1.29, 1.82) is 0 Å². The molecule has 16 heavy (non-hydrogen) atoms. The molecule has 1 aromatic carbocycles. The minimum atomic E-state index is -1.01. The maximum atomic E-state index is 11.1. The molecule has 1 aliphatic heterocycles. The predicted molar refractivity (Wildman–Crippen MR) is 64.5 cm³/mol. The van der Waals surface area contributed by atoms with Crippen LogP contribution in [0.1, 0.15) is 28.8 Å². The van der Waals surface area contributed by atoms with Gasteiger partial charge < -0.3 is 9.84 Å². The summed E-state index contributed by atoms with van der Waals surface area (Å²) >= 11 is 9.36. The van der Waals surface area contributed by atoms with Crippen molar-refractivity contribution in [3.63, 3.8) is 0 Å². The molecule has 0 unspecified atom stereocenters. The van der Waals surface area contributed by atoms with Gasteiger partial charge in [-0.2, -0.15) is 0 Å². The van der Waals surface area contributed by atoms with Gasteiger partial charge in [-0.1, -0.05) is 11.6 Å². The summed E-state index contributed by atoms with van der Waals surface area (Å²) in [5.74, 6) is -0.547. The van der Waals surface area contributed by atoms with Gasteiger partial charge in [0, 0.05) is 10.0 Å². The fraction of sp³-hybridized carbons (Fsp3) is 0.364. The lowest BCUT2D eigenvalue weighted by Crippen LogP contribution is -2.05. The van der Waals surface area contributed by atoms with E-state index < -0.39 is 5.97 Å². The van der Waals surface area contributed by atoms with Crippen LogP contribution in [0.2, 0.25) is 5.02 Å². The summed E-state index contributed by atoms with van der Waals surface area (Å²) in [6.07, 6.45) is 2.69. The number of carboxylic acid groups (broad SMARTS) is 1. The van der Waals surface area contributed by atoms with Crippen LogP contribution in [0.25, 0.3) is 0 Å². The number of halogens is 2. The Hall–Kier alpha value is -0.740. The van der Waals surface area contributed by atoms with E-state index in [9.17, 15) is 4.79 Å². The van der Waals surface area contributed by atoms with E-state index in [1.54, 1.807) is 0 Å². The zero-order valence-corrected chi connectivity index (χ0v) is 10.8. The highest BCUT2D eigenvalue weighted by atomic mass is 79.9. The number of benzene rings is 1. The van der Waals surface area contributed by atoms with Crippen LogP contribution < -0.4 is 4.74 Å². The molecule has 0 fully saturated rings. The first-order valence-corrected chi connectivity index (χ1v) is 6.15. The lowest BCUT2D eigenvalue weighted by atomic mass is 10.0. The number of hydrogen-bond acceptors (Lipinski definition) is 2. The van der Waals surface area contributed by atoms with Gasteiger partial charge in [0.25, 0.3) is 0 Å². The summed E-state index contributed by atoms with van der Waals surface area (Å²) < 4.78 is 6.25. The summed E-state index contributed by atoms with van der Waals surface area (Å²) in [6.45, 7) is 0.557. The molecule has 0 atom stereocenters. The Kier molecular flexibility index (Phi) is 3.40. The number of hydrogen-bond donors (Lipinski definition) is 1. The molecule has 0 bridgehead atoms. The minimum Gasteiger partial charge on any atom is -0.492 e. The van der Waals surface area contributed by atoms with Crippen LogP contribution in [0.3, 0.4) is 0 Å². The van der Waals surface area contributed by atoms with Crippen molar-refractivity contribution in [2.75, 3.05) is 6.61 Å². The first-order chi connectivity index (χ1) is 7.61. The Morgan fingerprint density at radius 3 is 2.94 bits per heavy atom. The van der Waals surface area contributed by atoms with E-state index in [0.717, 1.165) is 29.3 Å². The lowest BCUT2D eigenvalue weighted by Gasteiger charge is -2.13. The standard InChI is InChI=1S/C11H10BrClO3/c12-9-6-3-1-2-4-16-10(6)7(11(14)15)5-8(9)13/h5H,1-4H2,(H,14,15). The van der Waals surface area contributed by atoms with E-state index in [1.807, 2.05) is 0 Å². The van der Waals surface area contributed by atoms with Gasteiger partial charge >= 0.3 is 5.97 Å². The molecule has 1 aromatic rings. The number of ether oxygens (including phenoxy) is 1. The molecule has 1 aliphatic rings. The number of aromatic carboxylic acids is 1. The summed E-state index contributed by atoms with van der Waals surface area (Å²) in [4.78, 5) is 11.1. The molecule has 0 amide bonds. The van der Waals surface area contributed by atoms with E-state index in [1.165, 1.54) is 6.07 Å². The number of fused-ring (bicyclic) bond motifs is 1. The van der Waals surface area contributed by atoms with E-state index >= 15 is 0 Å². The Bertz CT molecular complexity index is 445. The first-order valence-electron chi connectivity index (χ1n) is 4.98. The second-order valence-corrected chi connectivity index (χ2v) is 4.84. The van der Waals surface area contributed by atoms with E-state index in [4.69, 9.17) is 21.4 Å². The molecule has 0 saturated heterocycles. The van der Waals surface area contributed by atoms with Gasteiger partial charge in [-0.3, -0.25) is 0 Å². The zero-order chi connectivity index (χ0) is 11.7. The molecule has 0 radical (unpaired) electrons. The molecule has 5 heteroatoms. The van der Waals surface area contributed by atoms with Crippen LogP contribution in [0, 0.1) is 0 Å². The van der Waals surface area contributed by atoms with Crippen molar-refractivity contribution >= 4 is 33.5 Å². The topological polar surface area (TPSA) is 46.5 Å². The number of carbonyl (C=O) groups is 1. The van der Waals surface area contributed by atoms with Crippen molar-refractivity contribution in [1.82, 2.24) is 0 Å². The lowest BCUT2D eigenvalue weighted by molar-refractivity contribution is 0.0692. The van der Waals surface area contributed by atoms with Crippen LogP contribution in [0.5, 0.6) is 5.75 Å². The summed E-state index contributed by atoms with van der Waals surface area (Å²) in [7, 11) is 0. The molecular weight excluding hydrogens is 295 g/mol. The second kappa shape index (κ2) is 4.63. The Labute approximate surface area is 106 Å². The third-order valence-corrected chi connectivity index (χ3v) is 3.99. The molecular formula is C11H10BrClO3. The van der Waals surface area contributed by atoms with Crippen LogP contribution in [-0.4, -0.2) is 17.7 Å². The molecule has 0 aliphatic carbocycles. The predicted octanol–water partition coefficient (Wildman–Crippen LogP) is 3.52. The quantitative estimate of drug-likeness (QED) is 0.863. The smallest absolute Gasteiger partial charge is 0.339 e. The maximum Gasteiger partial charge on any atom is 0.339 e. The Balaban J connectivity index is 2.64. The highest BCUT2D eigenvalue weighted by molar-refractivity contribution is 9.10. The monoisotopic (exact) mass is 304 g/mol. The zero-order valence-electron chi connectivity index (χ0n) is 8.43. The fourth-order valence-electron chi connectivity index (χ4n) is 1.79. The van der Waals surface area contributed by atoms with Crippen LogP contribution in [0.15, 0.2) is 10.5 Å². The third kappa shape index (κ3) is 2.04. The second-order valence-electron chi connectivity index (χ2n) is 3.64. The van der Waals surface area contributed by atoms with Crippen molar-refractivity contribution in [3.8, 4) is 5.75 Å². The normalized spacial score (nSPS) is 14.9. The Morgan fingerprint density at radius 2 is 2.25 bits per heavy atom. The number of rotatable bonds is 1. The summed E-state index contributed by atoms with van der Waals surface area (Å²) in [6, 6.07) is 1.43. The number of carboxylic acids is 1. The van der Waals surface area contributed by atoms with E-state index in [0.29, 0.717) is 17.4 Å². The molecule has 0 saturated carbocycles. The van der Waals surface area contributed by atoms with Crippen LogP contribution >= 0.6 is 27.5 Å². The summed E-state index contributed by atoms with van der Waals surface area (Å²) in [5, 5.41) is 9.51. The first kappa shape index (κ1) is 11.7. The van der Waals surface area contributed by atoms with Gasteiger partial charge in [-0.05, 0) is 41.3 Å². The van der Waals surface area contributed by atoms with Gasteiger partial charge in [0.1, 0.15) is 11.3 Å². The molecule has 0 spiro atoms. The van der Waals surface area contributed by atoms with Gasteiger partial charge in [0.15, 0.2) is 0 Å². The highest BCUT2D eigenvalue weighted by Gasteiger charge is 2.22. The molecule has 86 valence electrons. The van der Waals surface area contributed by atoms with E-state index in [-0.39, 0.29) is 5.56 Å². The average molecular weight is 306 g/mol. The van der Waals surface area contributed by atoms with Crippen molar-refractivity contribution in [2.45, 2.75) is 19.3 Å². The van der Waals surface area contributed by atoms with Crippen LogP contribution in [0.4, 0.5) is 0 Å². The van der Waals surface area contributed by atoms with Gasteiger partial charge in [-0.25, -0.2) is 4.79 Å². The molecule has 1 heterocycles. The van der Waals surface area contributed by atoms with Gasteiger partial charge in [-0.15, -0.1) is 0 Å². The van der Waals surface area contributed by atoms with Gasteiger partial charge in [0.2, 0.25) is 0 Å². The molecule has 2 rings (SSSR count). The largest absolute Gasteiger partial charge is 0.492 e. The van der Waals surface area contributed by atoms with Crippen LogP contribution in [-0.2, 0) is 6.42 Å². The van der Waals surface area contributed by atoms with E-state index in [2.05, 4.69) is 15.9 Å². The summed E-state index contributed by atoms with van der Waals surface area (Å²) in [5.41, 5.74) is 1.01. The average Bonchev–Trinajstić information content (AvgIpc) is 2.48. The SMILES string of the molecule is O=C(O)c1cc(Cl)c(Br)c2c1OCCCC2. The van der Waals surface area contributed by atoms with Crippen molar-refractivity contribution < 1.29 is 14.6 Å². The fourth-order valence-corrected chi connectivity index (χ4v) is 2.50. The molecule has 3 nitrogen and oxygen atoms in total. The maximum absolute atomic E-state index is 11.1. The highest BCUT2D eigenvalue weighted by Crippen LogP contribution is 2.39. The minimum absolute atomic E-state index is 0.144.